The number of hydrogen-bond acceptors (Lipinski definition) is 2. The fraction of sp³-hybridized carbons (Fsp3) is 0.833. The molecular formula is C6H15BN2O. The fourth-order valence-electron chi connectivity index (χ4n) is 0.729. The predicted molar refractivity (Wildman–Crippen MR) is 44.5 cm³/mol. The molecule has 0 unspecified atom stereocenters. The Bertz CT molecular complexity index is 104. The van der Waals surface area contributed by atoms with Crippen LogP contribution in [0.15, 0.2) is 0 Å². The highest BCUT2D eigenvalue weighted by Gasteiger charge is 2.02. The SMILES string of the molecule is BNC(=O)CN(CC)CC. The topological polar surface area (TPSA) is 32.3 Å². The van der Waals surface area contributed by atoms with E-state index in [4.69, 9.17) is 0 Å². The maximum absolute atomic E-state index is 10.8. The quantitative estimate of drug-likeness (QED) is 0.510. The molecule has 0 rings (SSSR count). The van der Waals surface area contributed by atoms with E-state index in [0.717, 1.165) is 13.1 Å². The van der Waals surface area contributed by atoms with Crippen LogP contribution in [0.1, 0.15) is 13.8 Å². The van der Waals surface area contributed by atoms with Crippen molar-refractivity contribution in [3.63, 3.8) is 0 Å². The van der Waals surface area contributed by atoms with Gasteiger partial charge in [0.05, 0.1) is 6.54 Å². The van der Waals surface area contributed by atoms with Crippen LogP contribution >= 0.6 is 0 Å². The van der Waals surface area contributed by atoms with Gasteiger partial charge in [-0.05, 0) is 13.1 Å². The van der Waals surface area contributed by atoms with Gasteiger partial charge in [0.15, 0.2) is 0 Å². The number of amides is 1. The van der Waals surface area contributed by atoms with Crippen molar-refractivity contribution in [2.24, 2.45) is 0 Å². The van der Waals surface area contributed by atoms with Gasteiger partial charge in [-0.3, -0.25) is 9.69 Å². The van der Waals surface area contributed by atoms with E-state index in [1.807, 2.05) is 13.8 Å². The maximum atomic E-state index is 10.8. The minimum atomic E-state index is 0.0868. The Kier molecular flexibility index (Phi) is 5.03. The summed E-state index contributed by atoms with van der Waals surface area (Å²) in [5.41, 5.74) is 0. The Balaban J connectivity index is 3.52. The predicted octanol–water partition coefficient (Wildman–Crippen LogP) is -1.01. The van der Waals surface area contributed by atoms with Gasteiger partial charge in [-0.25, -0.2) is 0 Å². The number of nitrogens with one attached hydrogen (secondary N) is 1. The molecule has 0 aliphatic rings. The lowest BCUT2D eigenvalue weighted by Gasteiger charge is -2.15. The van der Waals surface area contributed by atoms with Crippen molar-refractivity contribution < 1.29 is 4.79 Å². The molecule has 0 aromatic rings. The van der Waals surface area contributed by atoms with Crippen molar-refractivity contribution in [2.75, 3.05) is 19.6 Å². The largest absolute Gasteiger partial charge is 0.405 e. The van der Waals surface area contributed by atoms with Gasteiger partial charge in [-0.2, -0.15) is 0 Å². The molecule has 0 aliphatic carbocycles. The van der Waals surface area contributed by atoms with Crippen molar-refractivity contribution in [1.82, 2.24) is 10.1 Å². The normalized spacial score (nSPS) is 9.90. The third-order valence-electron chi connectivity index (χ3n) is 1.54. The molecule has 1 N–H and O–H groups in total. The molecule has 0 aromatic heterocycles. The molecule has 0 spiro atoms. The average Bonchev–Trinajstić information content (AvgIpc) is 1.99. The van der Waals surface area contributed by atoms with Crippen LogP contribution in [-0.2, 0) is 4.79 Å². The van der Waals surface area contributed by atoms with E-state index in [2.05, 4.69) is 10.1 Å². The van der Waals surface area contributed by atoms with Crippen molar-refractivity contribution in [3.8, 4) is 0 Å². The number of hydrogen-bond donors (Lipinski definition) is 1. The minimum Gasteiger partial charge on any atom is -0.405 e. The van der Waals surface area contributed by atoms with Crippen molar-refractivity contribution in [3.05, 3.63) is 0 Å². The van der Waals surface area contributed by atoms with E-state index >= 15 is 0 Å². The summed E-state index contributed by atoms with van der Waals surface area (Å²) >= 11 is 0. The zero-order chi connectivity index (χ0) is 7.98. The van der Waals surface area contributed by atoms with Gasteiger partial charge in [-0.1, -0.05) is 13.8 Å². The van der Waals surface area contributed by atoms with Gasteiger partial charge in [0.25, 0.3) is 0 Å². The van der Waals surface area contributed by atoms with E-state index < -0.39 is 0 Å². The monoisotopic (exact) mass is 142 g/mol. The minimum absolute atomic E-state index is 0.0868. The van der Waals surface area contributed by atoms with Gasteiger partial charge in [0.2, 0.25) is 13.9 Å². The van der Waals surface area contributed by atoms with Crippen molar-refractivity contribution >= 4 is 13.9 Å². The number of likely N-dealkylation sites (N-methyl/N-ethyl adjacent to an activating group) is 1. The Morgan fingerprint density at radius 1 is 1.50 bits per heavy atom. The second kappa shape index (κ2) is 5.29. The van der Waals surface area contributed by atoms with Crippen LogP contribution in [0, 0.1) is 0 Å². The van der Waals surface area contributed by atoms with E-state index in [-0.39, 0.29) is 5.91 Å². The molecular weight excluding hydrogens is 127 g/mol. The molecule has 58 valence electrons. The molecule has 1 amide bonds. The smallest absolute Gasteiger partial charge is 0.221 e. The van der Waals surface area contributed by atoms with Gasteiger partial charge >= 0.3 is 0 Å². The van der Waals surface area contributed by atoms with Crippen LogP contribution in [0.2, 0.25) is 0 Å². The Hall–Kier alpha value is -0.505. The van der Waals surface area contributed by atoms with Gasteiger partial charge in [-0.15, -0.1) is 0 Å². The maximum Gasteiger partial charge on any atom is 0.221 e. The van der Waals surface area contributed by atoms with Crippen LogP contribution in [0.4, 0.5) is 0 Å². The number of carbonyl (C=O) groups is 1. The molecule has 4 heteroatoms. The molecule has 3 nitrogen and oxygen atoms in total. The number of carbonyl (C=O) groups excluding carboxylic acids is 1. The van der Waals surface area contributed by atoms with Crippen LogP contribution in [0.25, 0.3) is 0 Å². The summed E-state index contributed by atoms with van der Waals surface area (Å²) in [5, 5.41) is 2.58. The van der Waals surface area contributed by atoms with Crippen molar-refractivity contribution in [2.45, 2.75) is 13.8 Å². The molecule has 0 aromatic carbocycles. The summed E-state index contributed by atoms with van der Waals surface area (Å²) < 4.78 is 0. The Labute approximate surface area is 63.2 Å². The van der Waals surface area contributed by atoms with Crippen LogP contribution in [-0.4, -0.2) is 38.4 Å². The first-order valence-electron chi connectivity index (χ1n) is 3.67. The Morgan fingerprint density at radius 2 is 2.00 bits per heavy atom. The molecule has 0 saturated carbocycles. The number of rotatable bonds is 4. The van der Waals surface area contributed by atoms with Crippen LogP contribution < -0.4 is 5.23 Å². The van der Waals surface area contributed by atoms with Crippen LogP contribution in [0.3, 0.4) is 0 Å². The highest BCUT2D eigenvalue weighted by molar-refractivity contribution is 6.14. The highest BCUT2D eigenvalue weighted by Crippen LogP contribution is 1.84. The Morgan fingerprint density at radius 3 is 2.30 bits per heavy atom. The second-order valence-electron chi connectivity index (χ2n) is 2.13. The molecule has 10 heavy (non-hydrogen) atoms. The van der Waals surface area contributed by atoms with Gasteiger partial charge < -0.3 is 5.23 Å². The van der Waals surface area contributed by atoms with Crippen molar-refractivity contribution in [1.29, 1.82) is 0 Å². The fourth-order valence-corrected chi connectivity index (χ4v) is 0.729. The lowest BCUT2D eigenvalue weighted by atomic mass is 10.3. The first-order valence-corrected chi connectivity index (χ1v) is 3.67. The lowest BCUT2D eigenvalue weighted by Crippen LogP contribution is -2.35. The molecule has 0 saturated heterocycles. The van der Waals surface area contributed by atoms with E-state index in [9.17, 15) is 4.79 Å². The summed E-state index contributed by atoms with van der Waals surface area (Å²) in [5.74, 6) is 0.0868. The molecule has 0 fully saturated rings. The molecule has 0 radical (unpaired) electrons. The standard InChI is InChI=1S/C6H15BN2O/c1-3-9(4-2)5-6(10)8-7/h3-5,7H2,1-2H3,(H,8,10). The van der Waals surface area contributed by atoms with Crippen LogP contribution in [0.5, 0.6) is 0 Å². The summed E-state index contributed by atoms with van der Waals surface area (Å²) in [6.07, 6.45) is 0. The van der Waals surface area contributed by atoms with Gasteiger partial charge in [0, 0.05) is 0 Å². The summed E-state index contributed by atoms with van der Waals surface area (Å²) in [6, 6.07) is 0. The number of nitrogens with zero attached hydrogens (tertiary/aromatic N) is 1. The first-order chi connectivity index (χ1) is 4.74. The molecule has 0 heterocycles. The third-order valence-corrected chi connectivity index (χ3v) is 1.54. The zero-order valence-electron chi connectivity index (χ0n) is 6.98. The van der Waals surface area contributed by atoms with E-state index in [0.29, 0.717) is 6.54 Å². The molecule has 0 aliphatic heterocycles. The van der Waals surface area contributed by atoms with E-state index in [1.54, 1.807) is 7.98 Å². The summed E-state index contributed by atoms with van der Waals surface area (Å²) in [4.78, 5) is 12.9. The lowest BCUT2D eigenvalue weighted by molar-refractivity contribution is -0.120. The first kappa shape index (κ1) is 9.49. The van der Waals surface area contributed by atoms with E-state index in [1.165, 1.54) is 0 Å². The molecule has 0 bridgehead atoms. The highest BCUT2D eigenvalue weighted by atomic mass is 16.1. The zero-order valence-corrected chi connectivity index (χ0v) is 6.98. The molecule has 0 atom stereocenters. The summed E-state index contributed by atoms with van der Waals surface area (Å²) in [6.45, 7) is 6.48. The second-order valence-corrected chi connectivity index (χ2v) is 2.13. The summed E-state index contributed by atoms with van der Waals surface area (Å²) in [7, 11) is 1.66. The van der Waals surface area contributed by atoms with Gasteiger partial charge in [0.1, 0.15) is 0 Å². The average molecular weight is 142 g/mol. The third kappa shape index (κ3) is 3.51.